The molecule has 0 aromatic heterocycles. The fourth-order valence-corrected chi connectivity index (χ4v) is 1.44. The summed E-state index contributed by atoms with van der Waals surface area (Å²) < 4.78 is 9.11. The molecule has 7 nitrogen and oxygen atoms in total. The molecule has 90 valence electrons. The lowest BCUT2D eigenvalue weighted by Crippen LogP contribution is -2.41. The van der Waals surface area contributed by atoms with Crippen LogP contribution in [0.5, 0.6) is 0 Å². The number of nitrogens with zero attached hydrogens (tertiary/aromatic N) is 1. The second-order valence-electron chi connectivity index (χ2n) is 3.36. The molecule has 1 fully saturated rings. The maximum absolute atomic E-state index is 11.4. The van der Waals surface area contributed by atoms with E-state index in [9.17, 15) is 19.5 Å². The Morgan fingerprint density at radius 3 is 2.69 bits per heavy atom. The Hall–Kier alpha value is -1.63. The van der Waals surface area contributed by atoms with Gasteiger partial charge in [0.2, 0.25) is 5.91 Å². The third-order valence-corrected chi connectivity index (χ3v) is 2.19. The summed E-state index contributed by atoms with van der Waals surface area (Å²) in [6.07, 6.45) is -2.34. The zero-order valence-corrected chi connectivity index (χ0v) is 9.00. The largest absolute Gasteiger partial charge is 0.468 e. The van der Waals surface area contributed by atoms with Crippen LogP contribution in [0.1, 0.15) is 13.3 Å². The molecule has 0 saturated carbocycles. The van der Waals surface area contributed by atoms with Gasteiger partial charge < -0.3 is 19.5 Å². The van der Waals surface area contributed by atoms with Crippen molar-refractivity contribution in [3.8, 4) is 0 Å². The number of carbonyl (C=O) groups is 3. The van der Waals surface area contributed by atoms with Gasteiger partial charge in [0, 0.05) is 6.92 Å². The number of ether oxygens (including phenoxy) is 2. The van der Waals surface area contributed by atoms with Crippen molar-refractivity contribution in [1.29, 1.82) is 0 Å². The van der Waals surface area contributed by atoms with Gasteiger partial charge in [-0.05, 0) is 0 Å². The second kappa shape index (κ2) is 4.93. The molecular weight excluding hydrogens is 218 g/mol. The van der Waals surface area contributed by atoms with Crippen LogP contribution in [-0.2, 0) is 23.9 Å². The number of methoxy groups -OCH3 is 1. The molecule has 1 rings (SSSR count). The van der Waals surface area contributed by atoms with Crippen LogP contribution >= 0.6 is 0 Å². The average molecular weight is 231 g/mol. The number of aliphatic hydroxyl groups excluding tert-OH is 1. The molecule has 1 heterocycles. The van der Waals surface area contributed by atoms with Crippen molar-refractivity contribution >= 4 is 17.8 Å². The van der Waals surface area contributed by atoms with Crippen LogP contribution in [0.2, 0.25) is 0 Å². The lowest BCUT2D eigenvalue weighted by Gasteiger charge is -2.21. The molecule has 0 aromatic rings. The van der Waals surface area contributed by atoms with Crippen LogP contribution in [0, 0.1) is 0 Å². The van der Waals surface area contributed by atoms with Gasteiger partial charge >= 0.3 is 11.9 Å². The van der Waals surface area contributed by atoms with Gasteiger partial charge in [-0.15, -0.1) is 0 Å². The van der Waals surface area contributed by atoms with Gasteiger partial charge in [-0.1, -0.05) is 0 Å². The predicted molar refractivity (Wildman–Crippen MR) is 49.9 cm³/mol. The highest BCUT2D eigenvalue weighted by molar-refractivity contribution is 5.84. The first kappa shape index (κ1) is 12.4. The minimum absolute atomic E-state index is 0.127. The number of carbonyl (C=O) groups excluding carboxylic acids is 3. The smallest absolute Gasteiger partial charge is 0.325 e. The summed E-state index contributed by atoms with van der Waals surface area (Å²) in [5, 5.41) is 9.63. The number of amides is 1. The molecule has 0 aliphatic carbocycles. The van der Waals surface area contributed by atoms with Crippen LogP contribution in [0.3, 0.4) is 0 Å². The van der Waals surface area contributed by atoms with E-state index in [0.29, 0.717) is 0 Å². The maximum Gasteiger partial charge on any atom is 0.325 e. The van der Waals surface area contributed by atoms with Crippen LogP contribution in [0.4, 0.5) is 0 Å². The highest BCUT2D eigenvalue weighted by atomic mass is 16.6. The highest BCUT2D eigenvalue weighted by Gasteiger charge is 2.41. The fraction of sp³-hybridized carbons (Fsp3) is 0.667. The lowest BCUT2D eigenvalue weighted by molar-refractivity contribution is -0.158. The van der Waals surface area contributed by atoms with Crippen molar-refractivity contribution in [2.24, 2.45) is 0 Å². The first-order chi connectivity index (χ1) is 7.45. The van der Waals surface area contributed by atoms with Crippen LogP contribution in [-0.4, -0.2) is 53.8 Å². The molecule has 0 unspecified atom stereocenters. The van der Waals surface area contributed by atoms with Crippen molar-refractivity contribution in [2.45, 2.75) is 25.7 Å². The quantitative estimate of drug-likeness (QED) is 0.603. The zero-order valence-electron chi connectivity index (χ0n) is 9.00. The Bertz CT molecular complexity index is 315. The number of esters is 2. The molecular formula is C9H13NO6. The Morgan fingerprint density at radius 1 is 1.56 bits per heavy atom. The molecule has 2 atom stereocenters. The minimum atomic E-state index is -1.30. The van der Waals surface area contributed by atoms with E-state index < -0.39 is 30.2 Å². The fourth-order valence-electron chi connectivity index (χ4n) is 1.44. The summed E-state index contributed by atoms with van der Waals surface area (Å²) in [5.74, 6) is -1.68. The molecule has 0 radical (unpaired) electrons. The Balaban J connectivity index is 2.63. The first-order valence-electron chi connectivity index (χ1n) is 4.67. The summed E-state index contributed by atoms with van der Waals surface area (Å²) in [6.45, 7) is 0.828. The molecule has 1 aliphatic heterocycles. The Labute approximate surface area is 91.9 Å². The van der Waals surface area contributed by atoms with Gasteiger partial charge in [0.15, 0.2) is 12.3 Å². The van der Waals surface area contributed by atoms with E-state index in [1.165, 1.54) is 14.0 Å². The van der Waals surface area contributed by atoms with Crippen molar-refractivity contribution in [2.75, 3.05) is 13.7 Å². The number of hydrogen-bond acceptors (Lipinski definition) is 6. The summed E-state index contributed by atoms with van der Waals surface area (Å²) in [7, 11) is 1.18. The van der Waals surface area contributed by atoms with Crippen molar-refractivity contribution in [1.82, 2.24) is 4.90 Å². The van der Waals surface area contributed by atoms with Crippen molar-refractivity contribution in [3.05, 3.63) is 0 Å². The van der Waals surface area contributed by atoms with Crippen molar-refractivity contribution < 1.29 is 29.0 Å². The third kappa shape index (κ3) is 2.69. The van der Waals surface area contributed by atoms with E-state index in [4.69, 9.17) is 4.74 Å². The van der Waals surface area contributed by atoms with E-state index in [-0.39, 0.29) is 13.0 Å². The zero-order chi connectivity index (χ0) is 12.3. The molecule has 0 bridgehead atoms. The van der Waals surface area contributed by atoms with Gasteiger partial charge in [-0.3, -0.25) is 14.4 Å². The molecule has 0 spiro atoms. The standard InChI is InChI=1S/C9H13NO6/c1-5(11)16-6-3-7(12)10(9(6)14)4-8(13)15-2/h6,9,14H,3-4H2,1-2H3/t6-,9-/m1/s1. The predicted octanol–water partition coefficient (Wildman–Crippen LogP) is -1.36. The monoisotopic (exact) mass is 231 g/mol. The van der Waals surface area contributed by atoms with E-state index in [1.807, 2.05) is 0 Å². The molecule has 1 aliphatic rings. The topological polar surface area (TPSA) is 93.1 Å². The first-order valence-corrected chi connectivity index (χ1v) is 4.67. The number of hydrogen-bond donors (Lipinski definition) is 1. The van der Waals surface area contributed by atoms with Gasteiger partial charge in [0.1, 0.15) is 6.54 Å². The number of rotatable bonds is 3. The number of likely N-dealkylation sites (tertiary alicyclic amines) is 1. The molecule has 0 aromatic carbocycles. The lowest BCUT2D eigenvalue weighted by atomic mass is 10.3. The van der Waals surface area contributed by atoms with E-state index >= 15 is 0 Å². The summed E-state index contributed by atoms with van der Waals surface area (Å²) in [6, 6.07) is 0. The molecule has 7 heteroatoms. The Morgan fingerprint density at radius 2 is 2.19 bits per heavy atom. The third-order valence-electron chi connectivity index (χ3n) is 2.19. The van der Waals surface area contributed by atoms with Gasteiger partial charge in [0.25, 0.3) is 0 Å². The molecule has 1 amide bonds. The molecule has 16 heavy (non-hydrogen) atoms. The van der Waals surface area contributed by atoms with Crippen LogP contribution < -0.4 is 0 Å². The molecule has 1 N–H and O–H groups in total. The summed E-state index contributed by atoms with van der Waals surface area (Å²) in [5.41, 5.74) is 0. The van der Waals surface area contributed by atoms with Crippen LogP contribution in [0.25, 0.3) is 0 Å². The van der Waals surface area contributed by atoms with E-state index in [2.05, 4.69) is 4.74 Å². The SMILES string of the molecule is COC(=O)CN1C(=O)C[C@@H](OC(C)=O)[C@H]1O. The Kier molecular flexibility index (Phi) is 3.83. The average Bonchev–Trinajstić information content (AvgIpc) is 2.45. The summed E-state index contributed by atoms with van der Waals surface area (Å²) in [4.78, 5) is 33.9. The number of aliphatic hydroxyl groups is 1. The minimum Gasteiger partial charge on any atom is -0.468 e. The van der Waals surface area contributed by atoms with E-state index in [0.717, 1.165) is 4.90 Å². The van der Waals surface area contributed by atoms with Gasteiger partial charge in [0.05, 0.1) is 13.5 Å². The molecule has 1 saturated heterocycles. The van der Waals surface area contributed by atoms with E-state index in [1.54, 1.807) is 0 Å². The normalized spacial score (nSPS) is 24.4. The van der Waals surface area contributed by atoms with Crippen molar-refractivity contribution in [3.63, 3.8) is 0 Å². The highest BCUT2D eigenvalue weighted by Crippen LogP contribution is 2.20. The maximum atomic E-state index is 11.4. The second-order valence-corrected chi connectivity index (χ2v) is 3.36. The van der Waals surface area contributed by atoms with Gasteiger partial charge in [-0.2, -0.15) is 0 Å². The van der Waals surface area contributed by atoms with Crippen LogP contribution in [0.15, 0.2) is 0 Å². The van der Waals surface area contributed by atoms with Gasteiger partial charge in [-0.25, -0.2) is 0 Å². The summed E-state index contributed by atoms with van der Waals surface area (Å²) >= 11 is 0.